The van der Waals surface area contributed by atoms with E-state index in [0.29, 0.717) is 37.7 Å². The second-order valence-electron chi connectivity index (χ2n) is 24.9. The minimum Gasteiger partial charge on any atom is -0.508 e. The van der Waals surface area contributed by atoms with Crippen molar-refractivity contribution in [2.45, 2.75) is 225 Å². The molecular formula is C69H108N8O13. The highest BCUT2D eigenvalue weighted by molar-refractivity contribution is 5.98. The number of carbonyl (C=O) groups is 10. The van der Waals surface area contributed by atoms with Gasteiger partial charge in [0.2, 0.25) is 29.5 Å². The third kappa shape index (κ3) is 30.8. The first-order valence-corrected chi connectivity index (χ1v) is 33.3. The number of nitrogens with two attached hydrogens (primary N) is 2. The van der Waals surface area contributed by atoms with E-state index >= 15 is 0 Å². The number of nitrogens with one attached hydrogen (secondary N) is 6. The Morgan fingerprint density at radius 3 is 1.62 bits per heavy atom. The van der Waals surface area contributed by atoms with Crippen LogP contribution < -0.4 is 38.1 Å². The molecule has 0 fully saturated rings. The van der Waals surface area contributed by atoms with Crippen molar-refractivity contribution in [2.24, 2.45) is 41.1 Å². The number of aromatic hydroxyl groups is 1. The molecule has 0 aliphatic rings. The van der Waals surface area contributed by atoms with Crippen LogP contribution in [-0.4, -0.2) is 130 Å². The number of hydrogen-bond acceptors (Lipinski definition) is 14. The van der Waals surface area contributed by atoms with E-state index in [9.17, 15) is 63.3 Å². The molecule has 1 heterocycles. The molecule has 5 amide bonds. The Hall–Kier alpha value is -6.84. The zero-order chi connectivity index (χ0) is 66.2. The number of Topliss-reactive ketones (excluding diaryl/α,β-unsaturated/α-hetero) is 4. The number of amides is 5. The highest BCUT2D eigenvalue weighted by Gasteiger charge is 2.35. The van der Waals surface area contributed by atoms with Crippen LogP contribution in [0.3, 0.4) is 0 Å². The van der Waals surface area contributed by atoms with E-state index in [1.807, 2.05) is 44.3 Å². The van der Waals surface area contributed by atoms with Crippen LogP contribution in [0, 0.1) is 29.6 Å². The standard InChI is InChI=1S/C69H108N8O13/c1-5-6-7-8-9-10-11-12-13-14-15-16-17-28-64(84)74-45-55(80)40-53(46-78)69(90)76-59(33-34-65(85)86)61(81)41-49(24-20-22-35-70)67(88)75-58(27-21-23-36-71)62(82)42-50(38-48-29-31-54(79)32-30-48)68(89)77-60(37-47(2)3)63(83)43-51(66(87)72-4)39-52-44-73-57-26-19-18-25-56(52)57/h18-19,25-26,29-32,44,47,49-51,53,58-60,73,78-79H,5-17,20-24,27-28,33-43,45-46,70-71H2,1-4H3,(H,72,87)(H,74,84)(H,75,88)(H,76,90)(H,77,89)(H,85,86)/t49-,50-,51-,53+,58+,59+,60+/m1/s1. The largest absolute Gasteiger partial charge is 0.508 e. The molecule has 13 N–H and O–H groups in total. The average molecular weight is 1260 g/mol. The van der Waals surface area contributed by atoms with Crippen LogP contribution in [0.5, 0.6) is 5.75 Å². The minimum absolute atomic E-state index is 0.00751. The highest BCUT2D eigenvalue weighted by Crippen LogP contribution is 2.26. The molecule has 0 aliphatic carbocycles. The normalized spacial score (nSPS) is 13.7. The van der Waals surface area contributed by atoms with Gasteiger partial charge in [-0.25, -0.2) is 0 Å². The van der Waals surface area contributed by atoms with Crippen LogP contribution in [0.2, 0.25) is 0 Å². The summed E-state index contributed by atoms with van der Waals surface area (Å²) in [6, 6.07) is 10.0. The SMILES string of the molecule is CCCCCCCCCCCCCCCC(=O)NCC(=O)C[C@@H](CO)C(=O)N[C@@H](CCC(=O)O)C(=O)C[C@@H](CCCCN)C(=O)N[C@@H](CCCCN)C(=O)C[C@@H](Cc1ccc(O)cc1)C(=O)N[C@@H](CC(C)C)C(=O)C[C@@H](Cc1c[nH]c2ccccc12)C(=O)NC. The number of ketones is 4. The number of H-pyrrole nitrogens is 1. The summed E-state index contributed by atoms with van der Waals surface area (Å²) in [5, 5.41) is 44.5. The van der Waals surface area contributed by atoms with Crippen LogP contribution in [0.15, 0.2) is 54.7 Å². The van der Waals surface area contributed by atoms with E-state index in [0.717, 1.165) is 35.7 Å². The van der Waals surface area contributed by atoms with Gasteiger partial charge in [-0.05, 0) is 113 Å². The van der Waals surface area contributed by atoms with Gasteiger partial charge in [-0.3, -0.25) is 47.9 Å². The molecule has 3 aromatic rings. The van der Waals surface area contributed by atoms with Crippen LogP contribution in [0.4, 0.5) is 0 Å². The lowest BCUT2D eigenvalue weighted by molar-refractivity contribution is -0.139. The number of phenolic OH excluding ortho intramolecular Hbond substituents is 1. The lowest BCUT2D eigenvalue weighted by Crippen LogP contribution is -2.49. The van der Waals surface area contributed by atoms with E-state index in [4.69, 9.17) is 11.5 Å². The number of para-hydroxylation sites is 1. The number of aliphatic carboxylic acids is 1. The Kier molecular flexibility index (Phi) is 38.4. The molecule has 7 atom stereocenters. The van der Waals surface area contributed by atoms with Crippen LogP contribution in [-0.2, 0) is 60.8 Å². The Morgan fingerprint density at radius 1 is 0.544 bits per heavy atom. The van der Waals surface area contributed by atoms with Gasteiger partial charge in [0.25, 0.3) is 0 Å². The Balaban J connectivity index is 1.76. The van der Waals surface area contributed by atoms with Gasteiger partial charge < -0.3 is 58.4 Å². The van der Waals surface area contributed by atoms with Crippen molar-refractivity contribution in [2.75, 3.05) is 33.3 Å². The van der Waals surface area contributed by atoms with Crippen molar-refractivity contribution >= 4 is 69.5 Å². The third-order valence-electron chi connectivity index (χ3n) is 16.7. The van der Waals surface area contributed by atoms with E-state index in [1.165, 1.54) is 77.0 Å². The van der Waals surface area contributed by atoms with Crippen molar-refractivity contribution in [3.05, 3.63) is 65.9 Å². The van der Waals surface area contributed by atoms with Gasteiger partial charge in [-0.1, -0.05) is 135 Å². The lowest BCUT2D eigenvalue weighted by Gasteiger charge is -2.27. The Bertz CT molecular complexity index is 2680. The van der Waals surface area contributed by atoms with E-state index in [2.05, 4.69) is 38.5 Å². The number of unbranched alkanes of at least 4 members (excludes halogenated alkanes) is 14. The molecule has 0 saturated heterocycles. The second kappa shape index (κ2) is 44.6. The number of aromatic nitrogens is 1. The van der Waals surface area contributed by atoms with E-state index in [1.54, 1.807) is 12.1 Å². The molecular weight excluding hydrogens is 1150 g/mol. The molecule has 0 radical (unpaired) electrons. The van der Waals surface area contributed by atoms with Crippen LogP contribution in [0.1, 0.15) is 205 Å². The smallest absolute Gasteiger partial charge is 0.303 e. The van der Waals surface area contributed by atoms with Gasteiger partial charge in [-0.15, -0.1) is 0 Å². The van der Waals surface area contributed by atoms with Crippen molar-refractivity contribution in [1.82, 2.24) is 31.6 Å². The van der Waals surface area contributed by atoms with Gasteiger partial charge in [0.1, 0.15) is 5.75 Å². The number of aliphatic hydroxyl groups excluding tert-OH is 1. The molecule has 0 unspecified atom stereocenters. The fourth-order valence-corrected chi connectivity index (χ4v) is 11.4. The van der Waals surface area contributed by atoms with E-state index < -0.39 is 115 Å². The zero-order valence-corrected chi connectivity index (χ0v) is 54.2. The number of carboxylic acid groups (broad SMARTS) is 1. The third-order valence-corrected chi connectivity index (χ3v) is 16.7. The molecule has 0 saturated carbocycles. The molecule has 0 aliphatic heterocycles. The van der Waals surface area contributed by atoms with Gasteiger partial charge in [0.15, 0.2) is 23.1 Å². The summed E-state index contributed by atoms with van der Waals surface area (Å²) < 4.78 is 0. The number of phenols is 1. The predicted octanol–water partition coefficient (Wildman–Crippen LogP) is 7.92. The summed E-state index contributed by atoms with van der Waals surface area (Å²) in [6.07, 6.45) is 17.0. The Labute approximate surface area is 533 Å². The molecule has 502 valence electrons. The first kappa shape index (κ1) is 77.4. The summed E-state index contributed by atoms with van der Waals surface area (Å²) >= 11 is 0. The fourth-order valence-electron chi connectivity index (χ4n) is 11.4. The second-order valence-corrected chi connectivity index (χ2v) is 24.9. The number of hydrogen-bond donors (Lipinski definition) is 11. The number of aromatic amines is 1. The number of carboxylic acids is 1. The number of rotatable bonds is 52. The molecule has 21 heteroatoms. The van der Waals surface area contributed by atoms with Crippen LogP contribution in [0.25, 0.3) is 10.9 Å². The maximum Gasteiger partial charge on any atom is 0.303 e. The quantitative estimate of drug-likeness (QED) is 0.0239. The summed E-state index contributed by atoms with van der Waals surface area (Å²) in [4.78, 5) is 140. The maximum absolute atomic E-state index is 14.8. The van der Waals surface area contributed by atoms with Crippen LogP contribution >= 0.6 is 0 Å². The molecule has 90 heavy (non-hydrogen) atoms. The first-order valence-electron chi connectivity index (χ1n) is 33.3. The fraction of sp³-hybridized carbons (Fsp3) is 0.652. The molecule has 0 bridgehead atoms. The Morgan fingerprint density at radius 2 is 1.06 bits per heavy atom. The summed E-state index contributed by atoms with van der Waals surface area (Å²) in [6.45, 7) is 5.37. The predicted molar refractivity (Wildman–Crippen MR) is 349 cm³/mol. The monoisotopic (exact) mass is 1260 g/mol. The molecule has 0 spiro atoms. The van der Waals surface area contributed by atoms with Gasteiger partial charge >= 0.3 is 5.97 Å². The average Bonchev–Trinajstić information content (AvgIpc) is 4.02. The van der Waals surface area contributed by atoms with E-state index in [-0.39, 0.29) is 100 Å². The summed E-state index contributed by atoms with van der Waals surface area (Å²) in [5.74, 6) is -10.7. The minimum atomic E-state index is -1.45. The molecule has 1 aromatic heterocycles. The van der Waals surface area contributed by atoms with Gasteiger partial charge in [-0.2, -0.15) is 0 Å². The van der Waals surface area contributed by atoms with Crippen molar-refractivity contribution in [3.63, 3.8) is 0 Å². The van der Waals surface area contributed by atoms with Crippen molar-refractivity contribution in [3.8, 4) is 5.75 Å². The summed E-state index contributed by atoms with van der Waals surface area (Å²) in [5.41, 5.74) is 14.0. The van der Waals surface area contributed by atoms with Crippen molar-refractivity contribution < 1.29 is 63.3 Å². The molecule has 2 aromatic carbocycles. The molecule has 21 nitrogen and oxygen atoms in total. The highest BCUT2D eigenvalue weighted by atomic mass is 16.4. The zero-order valence-electron chi connectivity index (χ0n) is 54.2. The first-order chi connectivity index (χ1) is 43.2. The number of benzene rings is 2. The number of carbonyl (C=O) groups excluding carboxylic acids is 9. The number of aliphatic hydroxyl groups is 1. The van der Waals surface area contributed by atoms with Crippen molar-refractivity contribution in [1.29, 1.82) is 0 Å². The van der Waals surface area contributed by atoms with Gasteiger partial charge in [0, 0.05) is 80.4 Å². The lowest BCUT2D eigenvalue weighted by atomic mass is 9.87. The summed E-state index contributed by atoms with van der Waals surface area (Å²) in [7, 11) is 1.50. The number of fused-ring (bicyclic) bond motifs is 1. The van der Waals surface area contributed by atoms with Gasteiger partial charge in [0.05, 0.1) is 37.2 Å². The molecule has 3 rings (SSSR count). The maximum atomic E-state index is 14.8. The topological polar surface area (TPSA) is 359 Å².